The molecule has 3 heterocycles. The standard InChI is InChI=1S/C29H30FN5O2/c1-18(2)22-14-24(21-11-12-23(30)19(3)13-21)32-35-16-25(31-26(22)35)27(36)34-17-33(28(37)29(34,4)5)15-20-9-7-6-8-10-20/h6-14,16,18H,15,17H2,1-5H3. The number of halogens is 1. The van der Waals surface area contributed by atoms with E-state index < -0.39 is 5.54 Å². The van der Waals surface area contributed by atoms with Crippen LogP contribution in [0.4, 0.5) is 4.39 Å². The van der Waals surface area contributed by atoms with Gasteiger partial charge < -0.3 is 9.80 Å². The number of carbonyl (C=O) groups is 2. The molecule has 2 aromatic carbocycles. The molecule has 0 spiro atoms. The number of aryl methyl sites for hydroxylation is 1. The maximum absolute atomic E-state index is 13.8. The number of benzene rings is 2. The lowest BCUT2D eigenvalue weighted by Gasteiger charge is -2.27. The molecule has 1 saturated heterocycles. The summed E-state index contributed by atoms with van der Waals surface area (Å²) in [5.74, 6) is -0.590. The lowest BCUT2D eigenvalue weighted by molar-refractivity contribution is -0.132. The summed E-state index contributed by atoms with van der Waals surface area (Å²) in [7, 11) is 0. The van der Waals surface area contributed by atoms with E-state index in [4.69, 9.17) is 5.10 Å². The van der Waals surface area contributed by atoms with Crippen molar-refractivity contribution in [1.29, 1.82) is 0 Å². The minimum Gasteiger partial charge on any atom is -0.318 e. The van der Waals surface area contributed by atoms with E-state index in [1.54, 1.807) is 53.4 Å². The molecule has 7 nitrogen and oxygen atoms in total. The van der Waals surface area contributed by atoms with E-state index in [-0.39, 0.29) is 35.9 Å². The summed E-state index contributed by atoms with van der Waals surface area (Å²) in [6, 6.07) is 16.6. The minimum absolute atomic E-state index is 0.108. The lowest BCUT2D eigenvalue weighted by atomic mass is 10.0. The van der Waals surface area contributed by atoms with Gasteiger partial charge in [0.05, 0.1) is 18.6 Å². The van der Waals surface area contributed by atoms with Crippen LogP contribution in [-0.4, -0.2) is 48.4 Å². The Morgan fingerprint density at radius 3 is 2.51 bits per heavy atom. The van der Waals surface area contributed by atoms with Gasteiger partial charge in [-0.15, -0.1) is 0 Å². The Morgan fingerprint density at radius 1 is 1.11 bits per heavy atom. The van der Waals surface area contributed by atoms with E-state index in [1.165, 1.54) is 6.07 Å². The highest BCUT2D eigenvalue weighted by Gasteiger charge is 2.48. The number of amides is 2. The lowest BCUT2D eigenvalue weighted by Crippen LogP contribution is -2.46. The summed E-state index contributed by atoms with van der Waals surface area (Å²) in [6.45, 7) is 9.95. The average Bonchev–Trinajstić information content (AvgIpc) is 3.39. The molecule has 4 aromatic rings. The molecular weight excluding hydrogens is 469 g/mol. The van der Waals surface area contributed by atoms with Crippen LogP contribution in [-0.2, 0) is 11.3 Å². The van der Waals surface area contributed by atoms with Gasteiger partial charge >= 0.3 is 0 Å². The molecule has 0 aliphatic carbocycles. The van der Waals surface area contributed by atoms with E-state index in [9.17, 15) is 14.0 Å². The van der Waals surface area contributed by atoms with Crippen LogP contribution in [0.5, 0.6) is 0 Å². The molecule has 1 aliphatic heterocycles. The van der Waals surface area contributed by atoms with Crippen molar-refractivity contribution >= 4 is 17.5 Å². The summed E-state index contributed by atoms with van der Waals surface area (Å²) >= 11 is 0. The number of nitrogens with zero attached hydrogens (tertiary/aromatic N) is 5. The van der Waals surface area contributed by atoms with Crippen LogP contribution in [0, 0.1) is 12.7 Å². The molecule has 2 aromatic heterocycles. The highest BCUT2D eigenvalue weighted by Crippen LogP contribution is 2.30. The molecule has 0 radical (unpaired) electrons. The van der Waals surface area contributed by atoms with Crippen molar-refractivity contribution in [2.24, 2.45) is 0 Å². The maximum Gasteiger partial charge on any atom is 0.276 e. The fraction of sp³-hybridized carbons (Fsp3) is 0.310. The first-order valence-corrected chi connectivity index (χ1v) is 12.4. The first-order chi connectivity index (χ1) is 17.6. The third-order valence-electron chi connectivity index (χ3n) is 7.01. The Morgan fingerprint density at radius 2 is 1.84 bits per heavy atom. The first kappa shape index (κ1) is 24.6. The van der Waals surface area contributed by atoms with Crippen molar-refractivity contribution in [3.63, 3.8) is 0 Å². The van der Waals surface area contributed by atoms with Crippen LogP contribution >= 0.6 is 0 Å². The monoisotopic (exact) mass is 499 g/mol. The maximum atomic E-state index is 13.8. The summed E-state index contributed by atoms with van der Waals surface area (Å²) in [4.78, 5) is 34.8. The van der Waals surface area contributed by atoms with E-state index in [0.717, 1.165) is 16.7 Å². The van der Waals surface area contributed by atoms with Crippen molar-refractivity contribution in [3.8, 4) is 11.3 Å². The molecule has 0 unspecified atom stereocenters. The van der Waals surface area contributed by atoms with Gasteiger partial charge in [0.15, 0.2) is 5.65 Å². The molecule has 8 heteroatoms. The molecular formula is C29H30FN5O2. The molecule has 37 heavy (non-hydrogen) atoms. The van der Waals surface area contributed by atoms with E-state index in [0.29, 0.717) is 23.4 Å². The molecule has 0 N–H and O–H groups in total. The van der Waals surface area contributed by atoms with Crippen molar-refractivity contribution in [3.05, 3.63) is 89.0 Å². The highest BCUT2D eigenvalue weighted by molar-refractivity contribution is 6.00. The number of hydrogen-bond acceptors (Lipinski definition) is 4. The average molecular weight is 500 g/mol. The largest absolute Gasteiger partial charge is 0.318 e. The zero-order valence-electron chi connectivity index (χ0n) is 21.7. The van der Waals surface area contributed by atoms with Gasteiger partial charge in [-0.1, -0.05) is 44.2 Å². The topological polar surface area (TPSA) is 70.8 Å². The summed E-state index contributed by atoms with van der Waals surface area (Å²) < 4.78 is 15.5. The van der Waals surface area contributed by atoms with Crippen LogP contribution < -0.4 is 0 Å². The highest BCUT2D eigenvalue weighted by atomic mass is 19.1. The number of rotatable bonds is 5. The molecule has 0 atom stereocenters. The fourth-order valence-corrected chi connectivity index (χ4v) is 4.77. The second-order valence-corrected chi connectivity index (χ2v) is 10.4. The Hall–Kier alpha value is -4.07. The minimum atomic E-state index is -1.01. The summed E-state index contributed by atoms with van der Waals surface area (Å²) in [6.07, 6.45) is 1.61. The second kappa shape index (κ2) is 9.10. The Balaban J connectivity index is 1.50. The smallest absolute Gasteiger partial charge is 0.276 e. The Kier molecular flexibility index (Phi) is 6.06. The molecule has 5 rings (SSSR count). The van der Waals surface area contributed by atoms with E-state index in [1.807, 2.05) is 36.4 Å². The van der Waals surface area contributed by atoms with Gasteiger partial charge in [0, 0.05) is 17.7 Å². The molecule has 2 amide bonds. The normalized spacial score (nSPS) is 15.3. The molecule has 0 bridgehead atoms. The van der Waals surface area contributed by atoms with Crippen molar-refractivity contribution in [2.75, 3.05) is 6.67 Å². The van der Waals surface area contributed by atoms with Crippen LogP contribution in [0.2, 0.25) is 0 Å². The SMILES string of the molecule is Cc1cc(-c2cc(C(C)C)c3nc(C(=O)N4CN(Cc5ccccc5)C(=O)C4(C)C)cn3n2)ccc1F. The molecule has 190 valence electrons. The van der Waals surface area contributed by atoms with Crippen molar-refractivity contribution in [2.45, 2.75) is 52.6 Å². The van der Waals surface area contributed by atoms with E-state index in [2.05, 4.69) is 18.8 Å². The van der Waals surface area contributed by atoms with Crippen molar-refractivity contribution in [1.82, 2.24) is 24.4 Å². The number of carbonyl (C=O) groups excluding carboxylic acids is 2. The third kappa shape index (κ3) is 4.37. The Bertz CT molecular complexity index is 1510. The van der Waals surface area contributed by atoms with E-state index >= 15 is 0 Å². The first-order valence-electron chi connectivity index (χ1n) is 12.4. The number of imidazole rings is 1. The predicted molar refractivity (Wildman–Crippen MR) is 139 cm³/mol. The van der Waals surface area contributed by atoms with Crippen LogP contribution in [0.15, 0.2) is 60.8 Å². The van der Waals surface area contributed by atoms with Gasteiger partial charge in [-0.05, 0) is 62.1 Å². The van der Waals surface area contributed by atoms with Crippen LogP contribution in [0.1, 0.15) is 60.8 Å². The number of aromatic nitrogens is 3. The quantitative estimate of drug-likeness (QED) is 0.379. The van der Waals surface area contributed by atoms with Gasteiger partial charge in [0.2, 0.25) is 5.91 Å². The number of hydrogen-bond donors (Lipinski definition) is 0. The van der Waals surface area contributed by atoms with Crippen LogP contribution in [0.25, 0.3) is 16.9 Å². The fourth-order valence-electron chi connectivity index (χ4n) is 4.77. The predicted octanol–water partition coefficient (Wildman–Crippen LogP) is 5.19. The van der Waals surface area contributed by atoms with Gasteiger partial charge in [0.1, 0.15) is 17.1 Å². The zero-order chi connectivity index (χ0) is 26.5. The van der Waals surface area contributed by atoms with Crippen LogP contribution in [0.3, 0.4) is 0 Å². The van der Waals surface area contributed by atoms with Gasteiger partial charge in [-0.3, -0.25) is 9.59 Å². The Labute approximate surface area is 215 Å². The van der Waals surface area contributed by atoms with Gasteiger partial charge in [-0.25, -0.2) is 13.9 Å². The molecule has 1 fully saturated rings. The molecule has 1 aliphatic rings. The zero-order valence-corrected chi connectivity index (χ0v) is 21.7. The van der Waals surface area contributed by atoms with Crippen molar-refractivity contribution < 1.29 is 14.0 Å². The second-order valence-electron chi connectivity index (χ2n) is 10.4. The molecule has 0 saturated carbocycles. The van der Waals surface area contributed by atoms with Gasteiger partial charge in [-0.2, -0.15) is 5.10 Å². The summed E-state index contributed by atoms with van der Waals surface area (Å²) in [5.41, 5.74) is 3.72. The summed E-state index contributed by atoms with van der Waals surface area (Å²) in [5, 5.41) is 4.69. The third-order valence-corrected chi connectivity index (χ3v) is 7.01. The number of fused-ring (bicyclic) bond motifs is 1. The van der Waals surface area contributed by atoms with Gasteiger partial charge in [0.25, 0.3) is 5.91 Å².